The number of carbonyl (C=O) groups excluding carboxylic acids is 1. The molecule has 0 unspecified atom stereocenters. The molecule has 3 heterocycles. The molecule has 6 nitrogen and oxygen atoms in total. The zero-order valence-electron chi connectivity index (χ0n) is 15.0. The van der Waals surface area contributed by atoms with Crippen LogP contribution in [0.25, 0.3) is 0 Å². The molecule has 2 aliphatic rings. The number of halogens is 2. The summed E-state index contributed by atoms with van der Waals surface area (Å²) >= 11 is 0. The van der Waals surface area contributed by atoms with E-state index in [0.29, 0.717) is 18.8 Å². The first-order chi connectivity index (χ1) is 13.1. The highest BCUT2D eigenvalue weighted by Gasteiger charge is 2.25. The number of hydrogen-bond acceptors (Lipinski definition) is 4. The van der Waals surface area contributed by atoms with E-state index in [2.05, 4.69) is 25.7 Å². The van der Waals surface area contributed by atoms with Crippen LogP contribution in [0, 0.1) is 11.6 Å². The summed E-state index contributed by atoms with van der Waals surface area (Å²) in [5.74, 6) is -1.77. The molecule has 4 rings (SSSR count). The van der Waals surface area contributed by atoms with Crippen molar-refractivity contribution in [2.75, 3.05) is 19.6 Å². The third kappa shape index (κ3) is 4.01. The van der Waals surface area contributed by atoms with Crippen molar-refractivity contribution in [3.05, 3.63) is 52.3 Å². The summed E-state index contributed by atoms with van der Waals surface area (Å²) in [5.41, 5.74) is 3.25. The molecule has 1 amide bonds. The van der Waals surface area contributed by atoms with Crippen LogP contribution >= 0.6 is 0 Å². The lowest BCUT2D eigenvalue weighted by Gasteiger charge is -2.32. The summed E-state index contributed by atoms with van der Waals surface area (Å²) in [6.45, 7) is 3.73. The fourth-order valence-corrected chi connectivity index (χ4v) is 3.80. The number of piperidine rings is 1. The molecule has 8 heteroatoms. The van der Waals surface area contributed by atoms with E-state index in [1.54, 1.807) is 6.07 Å². The molecule has 3 N–H and O–H groups in total. The Morgan fingerprint density at radius 3 is 2.85 bits per heavy atom. The summed E-state index contributed by atoms with van der Waals surface area (Å²) in [7, 11) is 0. The van der Waals surface area contributed by atoms with E-state index in [1.165, 1.54) is 6.07 Å². The first-order valence-electron chi connectivity index (χ1n) is 9.34. The molecule has 0 aliphatic carbocycles. The highest BCUT2D eigenvalue weighted by Crippen LogP contribution is 2.18. The van der Waals surface area contributed by atoms with Crippen LogP contribution in [-0.2, 0) is 19.5 Å². The molecule has 1 fully saturated rings. The number of aromatic amines is 1. The van der Waals surface area contributed by atoms with E-state index >= 15 is 0 Å². The Hall–Kier alpha value is -2.32. The van der Waals surface area contributed by atoms with E-state index in [4.69, 9.17) is 0 Å². The van der Waals surface area contributed by atoms with Crippen LogP contribution in [0.3, 0.4) is 0 Å². The second-order valence-corrected chi connectivity index (χ2v) is 7.23. The number of amides is 1. The van der Waals surface area contributed by atoms with Gasteiger partial charge in [0.25, 0.3) is 5.91 Å². The predicted molar refractivity (Wildman–Crippen MR) is 96.1 cm³/mol. The normalized spacial score (nSPS) is 18.3. The first kappa shape index (κ1) is 18.1. The smallest absolute Gasteiger partial charge is 0.272 e. The number of aromatic nitrogens is 2. The predicted octanol–water partition coefficient (Wildman–Crippen LogP) is 1.73. The van der Waals surface area contributed by atoms with Crippen molar-refractivity contribution in [2.24, 2.45) is 0 Å². The third-order valence-corrected chi connectivity index (χ3v) is 5.33. The molecule has 1 aromatic carbocycles. The second kappa shape index (κ2) is 7.74. The minimum Gasteiger partial charge on any atom is -0.348 e. The number of nitrogens with one attached hydrogen (secondary N) is 3. The molecule has 1 saturated heterocycles. The Balaban J connectivity index is 1.30. The largest absolute Gasteiger partial charge is 0.348 e. The number of likely N-dealkylation sites (tertiary alicyclic amines) is 1. The maximum Gasteiger partial charge on any atom is 0.272 e. The fourth-order valence-electron chi connectivity index (χ4n) is 3.80. The Bertz CT molecular complexity index is 830. The molecule has 0 saturated carbocycles. The van der Waals surface area contributed by atoms with Crippen molar-refractivity contribution < 1.29 is 13.6 Å². The van der Waals surface area contributed by atoms with Crippen LogP contribution in [-0.4, -0.2) is 46.7 Å². The van der Waals surface area contributed by atoms with Crippen LogP contribution in [0.15, 0.2) is 18.2 Å². The van der Waals surface area contributed by atoms with Gasteiger partial charge in [0, 0.05) is 56.4 Å². The average Bonchev–Trinajstić information content (AvgIpc) is 3.11. The lowest BCUT2D eigenvalue weighted by Crippen LogP contribution is -2.44. The van der Waals surface area contributed by atoms with Gasteiger partial charge in [-0.25, -0.2) is 8.78 Å². The molecule has 0 spiro atoms. The number of rotatable bonds is 4. The number of benzene rings is 1. The molecule has 1 aromatic heterocycles. The molecule has 144 valence electrons. The zero-order chi connectivity index (χ0) is 18.8. The summed E-state index contributed by atoms with van der Waals surface area (Å²) in [6, 6.07) is 4.12. The van der Waals surface area contributed by atoms with Gasteiger partial charge >= 0.3 is 0 Å². The van der Waals surface area contributed by atoms with Gasteiger partial charge in [0.15, 0.2) is 17.3 Å². The van der Waals surface area contributed by atoms with Gasteiger partial charge in [-0.05, 0) is 30.5 Å². The summed E-state index contributed by atoms with van der Waals surface area (Å²) in [4.78, 5) is 14.8. The summed E-state index contributed by atoms with van der Waals surface area (Å²) in [6.07, 6.45) is 2.50. The van der Waals surface area contributed by atoms with Gasteiger partial charge in [-0.15, -0.1) is 0 Å². The highest BCUT2D eigenvalue weighted by atomic mass is 19.2. The molecule has 2 aromatic rings. The van der Waals surface area contributed by atoms with Crippen molar-refractivity contribution >= 4 is 5.91 Å². The van der Waals surface area contributed by atoms with E-state index in [1.807, 2.05) is 0 Å². The van der Waals surface area contributed by atoms with E-state index in [-0.39, 0.29) is 11.9 Å². The van der Waals surface area contributed by atoms with Crippen molar-refractivity contribution in [1.82, 2.24) is 25.7 Å². The molecular weight excluding hydrogens is 352 g/mol. The van der Waals surface area contributed by atoms with Crippen molar-refractivity contribution in [1.29, 1.82) is 0 Å². The molecule has 0 radical (unpaired) electrons. The number of carbonyl (C=O) groups is 1. The van der Waals surface area contributed by atoms with Gasteiger partial charge in [0.05, 0.1) is 0 Å². The lowest BCUT2D eigenvalue weighted by atomic mass is 10.0. The van der Waals surface area contributed by atoms with Crippen LogP contribution in [0.5, 0.6) is 0 Å². The summed E-state index contributed by atoms with van der Waals surface area (Å²) in [5, 5.41) is 13.5. The quantitative estimate of drug-likeness (QED) is 0.761. The number of hydrogen-bond donors (Lipinski definition) is 3. The van der Waals surface area contributed by atoms with E-state index in [0.717, 1.165) is 61.8 Å². The van der Waals surface area contributed by atoms with Crippen molar-refractivity contribution in [2.45, 2.75) is 38.4 Å². The number of H-pyrrole nitrogens is 1. The lowest BCUT2D eigenvalue weighted by molar-refractivity contribution is 0.0902. The zero-order valence-corrected chi connectivity index (χ0v) is 15.0. The Morgan fingerprint density at radius 2 is 2.07 bits per heavy atom. The van der Waals surface area contributed by atoms with Gasteiger partial charge in [-0.1, -0.05) is 6.07 Å². The molecule has 2 aliphatic heterocycles. The fraction of sp³-hybridized carbons (Fsp3) is 0.474. The van der Waals surface area contributed by atoms with Crippen LogP contribution in [0.4, 0.5) is 8.78 Å². The first-order valence-corrected chi connectivity index (χ1v) is 9.34. The van der Waals surface area contributed by atoms with Gasteiger partial charge in [0.2, 0.25) is 0 Å². The second-order valence-electron chi connectivity index (χ2n) is 7.23. The van der Waals surface area contributed by atoms with Gasteiger partial charge in [-0.2, -0.15) is 5.10 Å². The minimum absolute atomic E-state index is 0.0996. The SMILES string of the molecule is O=C(NC1CCN(Cc2ccc(F)c(F)c2)CC1)c1n[nH]c2c1CNCC2. The minimum atomic E-state index is -0.823. The van der Waals surface area contributed by atoms with Crippen molar-refractivity contribution in [3.63, 3.8) is 0 Å². The highest BCUT2D eigenvalue weighted by molar-refractivity contribution is 5.94. The topological polar surface area (TPSA) is 73.0 Å². The van der Waals surface area contributed by atoms with Gasteiger partial charge in [-0.3, -0.25) is 14.8 Å². The maximum absolute atomic E-state index is 13.3. The van der Waals surface area contributed by atoms with Crippen LogP contribution in [0.2, 0.25) is 0 Å². The van der Waals surface area contributed by atoms with Gasteiger partial charge < -0.3 is 10.6 Å². The van der Waals surface area contributed by atoms with E-state index in [9.17, 15) is 13.6 Å². The Kier molecular flexibility index (Phi) is 5.18. The van der Waals surface area contributed by atoms with Crippen LogP contribution in [0.1, 0.15) is 40.2 Å². The number of nitrogens with zero attached hydrogens (tertiary/aromatic N) is 2. The van der Waals surface area contributed by atoms with E-state index < -0.39 is 11.6 Å². The third-order valence-electron chi connectivity index (χ3n) is 5.33. The Morgan fingerprint density at radius 1 is 1.26 bits per heavy atom. The number of fused-ring (bicyclic) bond motifs is 1. The molecule has 0 atom stereocenters. The van der Waals surface area contributed by atoms with Crippen molar-refractivity contribution in [3.8, 4) is 0 Å². The summed E-state index contributed by atoms with van der Waals surface area (Å²) < 4.78 is 26.4. The monoisotopic (exact) mass is 375 g/mol. The molecular formula is C19H23F2N5O. The maximum atomic E-state index is 13.3. The molecule has 0 bridgehead atoms. The van der Waals surface area contributed by atoms with Gasteiger partial charge in [0.1, 0.15) is 0 Å². The average molecular weight is 375 g/mol. The van der Waals surface area contributed by atoms with Crippen LogP contribution < -0.4 is 10.6 Å². The Labute approximate surface area is 156 Å². The molecule has 27 heavy (non-hydrogen) atoms. The standard InChI is InChI=1S/C19H23F2N5O/c20-15-2-1-12(9-16(15)21)11-26-7-4-13(5-8-26)23-19(27)18-14-10-22-6-3-17(14)24-25-18/h1-2,9,13,22H,3-8,10-11H2,(H,23,27)(H,24,25).